The molecule has 0 bridgehead atoms. The lowest BCUT2D eigenvalue weighted by Gasteiger charge is -2.06. The second kappa shape index (κ2) is 6.50. The molecule has 2 aromatic rings. The number of ketones is 1. The monoisotopic (exact) mass is 400 g/mol. The fourth-order valence-electron chi connectivity index (χ4n) is 1.78. The van der Waals surface area contributed by atoms with Crippen LogP contribution in [0.4, 0.5) is 4.39 Å². The van der Waals surface area contributed by atoms with E-state index in [4.69, 9.17) is 4.74 Å². The van der Waals surface area contributed by atoms with Crippen molar-refractivity contribution < 1.29 is 13.9 Å². The van der Waals surface area contributed by atoms with Gasteiger partial charge in [-0.1, -0.05) is 6.07 Å². The fourth-order valence-corrected chi connectivity index (χ4v) is 2.74. The summed E-state index contributed by atoms with van der Waals surface area (Å²) in [6.07, 6.45) is 0.220. The van der Waals surface area contributed by atoms with Gasteiger partial charge in [0.15, 0.2) is 5.78 Å². The van der Waals surface area contributed by atoms with Crippen LogP contribution in [-0.2, 0) is 6.42 Å². The van der Waals surface area contributed by atoms with E-state index >= 15 is 0 Å². The molecule has 0 saturated carbocycles. The van der Waals surface area contributed by atoms with Crippen molar-refractivity contribution in [2.45, 2.75) is 6.42 Å². The zero-order valence-corrected chi connectivity index (χ0v) is 13.8. The van der Waals surface area contributed by atoms with Crippen molar-refractivity contribution in [3.8, 4) is 5.75 Å². The van der Waals surface area contributed by atoms with Crippen molar-refractivity contribution in [2.75, 3.05) is 7.11 Å². The molecule has 0 aliphatic heterocycles. The van der Waals surface area contributed by atoms with Gasteiger partial charge in [-0.2, -0.15) is 0 Å². The zero-order chi connectivity index (χ0) is 14.7. The summed E-state index contributed by atoms with van der Waals surface area (Å²) in [6.45, 7) is 0. The molecule has 2 aromatic carbocycles. The van der Waals surface area contributed by atoms with Gasteiger partial charge in [0.25, 0.3) is 0 Å². The Morgan fingerprint density at radius 1 is 1.15 bits per heavy atom. The first-order chi connectivity index (χ1) is 9.51. The molecule has 0 amide bonds. The van der Waals surface area contributed by atoms with Crippen LogP contribution in [-0.4, -0.2) is 12.9 Å². The van der Waals surface area contributed by atoms with Crippen molar-refractivity contribution in [2.24, 2.45) is 0 Å². The van der Waals surface area contributed by atoms with Crippen molar-refractivity contribution in [1.29, 1.82) is 0 Å². The Morgan fingerprint density at radius 3 is 2.50 bits per heavy atom. The molecule has 0 N–H and O–H groups in total. The third kappa shape index (κ3) is 3.46. The summed E-state index contributed by atoms with van der Waals surface area (Å²) in [4.78, 5) is 12.2. The Morgan fingerprint density at radius 2 is 1.90 bits per heavy atom. The Hall–Kier alpha value is -1.20. The minimum atomic E-state index is -0.339. The average molecular weight is 402 g/mol. The highest BCUT2D eigenvalue weighted by Crippen LogP contribution is 2.26. The number of hydrogen-bond acceptors (Lipinski definition) is 2. The number of carbonyl (C=O) groups is 1. The van der Waals surface area contributed by atoms with Gasteiger partial charge in [-0.15, -0.1) is 0 Å². The van der Waals surface area contributed by atoms with Gasteiger partial charge in [-0.05, 0) is 67.8 Å². The Bertz CT molecular complexity index is 656. The number of hydrogen-bond donors (Lipinski definition) is 0. The van der Waals surface area contributed by atoms with Crippen molar-refractivity contribution >= 4 is 37.6 Å². The Balaban J connectivity index is 2.19. The molecule has 104 valence electrons. The molecular weight excluding hydrogens is 391 g/mol. The van der Waals surface area contributed by atoms with Gasteiger partial charge >= 0.3 is 0 Å². The van der Waals surface area contributed by atoms with Gasteiger partial charge in [0.05, 0.1) is 16.1 Å². The molecule has 20 heavy (non-hydrogen) atoms. The summed E-state index contributed by atoms with van der Waals surface area (Å²) >= 11 is 6.46. The topological polar surface area (TPSA) is 26.3 Å². The first-order valence-corrected chi connectivity index (χ1v) is 7.40. The van der Waals surface area contributed by atoms with E-state index in [-0.39, 0.29) is 18.0 Å². The first-order valence-electron chi connectivity index (χ1n) is 5.82. The van der Waals surface area contributed by atoms with Crippen LogP contribution in [0.5, 0.6) is 5.75 Å². The number of benzene rings is 2. The second-order valence-corrected chi connectivity index (χ2v) is 5.91. The Labute approximate surface area is 133 Å². The predicted molar refractivity (Wildman–Crippen MR) is 82.8 cm³/mol. The lowest BCUT2D eigenvalue weighted by Crippen LogP contribution is -2.04. The molecule has 0 heterocycles. The molecule has 0 fully saturated rings. The summed E-state index contributed by atoms with van der Waals surface area (Å²) in [7, 11) is 1.57. The lowest BCUT2D eigenvalue weighted by molar-refractivity contribution is 0.0993. The lowest BCUT2D eigenvalue weighted by atomic mass is 10.0. The van der Waals surface area contributed by atoms with Crippen LogP contribution in [0.2, 0.25) is 0 Å². The number of ether oxygens (including phenoxy) is 1. The molecular formula is C15H11Br2FO2. The SMILES string of the molecule is COc1ccc(C(=O)Cc2ccc(F)c(Br)c2)cc1Br. The highest BCUT2D eigenvalue weighted by Gasteiger charge is 2.11. The van der Waals surface area contributed by atoms with E-state index in [0.29, 0.717) is 15.8 Å². The molecule has 0 aliphatic rings. The molecule has 5 heteroatoms. The van der Waals surface area contributed by atoms with Crippen LogP contribution in [0.3, 0.4) is 0 Å². The van der Waals surface area contributed by atoms with Gasteiger partial charge in [-0.25, -0.2) is 4.39 Å². The van der Waals surface area contributed by atoms with Crippen LogP contribution in [0.1, 0.15) is 15.9 Å². The summed E-state index contributed by atoms with van der Waals surface area (Å²) in [5.41, 5.74) is 1.34. The number of carbonyl (C=O) groups excluding carboxylic acids is 1. The smallest absolute Gasteiger partial charge is 0.167 e. The predicted octanol–water partition coefficient (Wildman–Crippen LogP) is 4.78. The average Bonchev–Trinajstić information content (AvgIpc) is 2.42. The molecule has 2 nitrogen and oxygen atoms in total. The van der Waals surface area contributed by atoms with Crippen molar-refractivity contribution in [3.05, 3.63) is 62.3 Å². The van der Waals surface area contributed by atoms with E-state index in [1.807, 2.05) is 0 Å². The maximum Gasteiger partial charge on any atom is 0.167 e. The maximum atomic E-state index is 13.1. The standard InChI is InChI=1S/C15H11Br2FO2/c1-20-15-5-3-10(8-12(15)17)14(19)7-9-2-4-13(18)11(16)6-9/h2-6,8H,7H2,1H3. The Kier molecular flexibility index (Phi) is 4.94. The highest BCUT2D eigenvalue weighted by atomic mass is 79.9. The quantitative estimate of drug-likeness (QED) is 0.688. The molecule has 2 rings (SSSR count). The molecule has 0 radical (unpaired) electrons. The summed E-state index contributed by atoms with van der Waals surface area (Å²) < 4.78 is 19.4. The molecule has 0 spiro atoms. The second-order valence-electron chi connectivity index (χ2n) is 4.20. The number of halogens is 3. The third-order valence-corrected chi connectivity index (χ3v) is 4.05. The zero-order valence-electron chi connectivity index (χ0n) is 10.6. The fraction of sp³-hybridized carbons (Fsp3) is 0.133. The third-order valence-electron chi connectivity index (χ3n) is 2.82. The van der Waals surface area contributed by atoms with Crippen LogP contribution in [0, 0.1) is 5.82 Å². The molecule has 0 atom stereocenters. The number of rotatable bonds is 4. The minimum Gasteiger partial charge on any atom is -0.496 e. The van der Waals surface area contributed by atoms with Crippen LogP contribution in [0.15, 0.2) is 45.3 Å². The van der Waals surface area contributed by atoms with E-state index in [1.54, 1.807) is 37.4 Å². The van der Waals surface area contributed by atoms with Crippen molar-refractivity contribution in [1.82, 2.24) is 0 Å². The van der Waals surface area contributed by atoms with Gasteiger partial charge < -0.3 is 4.74 Å². The molecule has 0 aliphatic carbocycles. The van der Waals surface area contributed by atoms with Gasteiger partial charge in [0.1, 0.15) is 11.6 Å². The van der Waals surface area contributed by atoms with Gasteiger partial charge in [-0.3, -0.25) is 4.79 Å². The van der Waals surface area contributed by atoms with E-state index < -0.39 is 0 Å². The van der Waals surface area contributed by atoms with Gasteiger partial charge in [0.2, 0.25) is 0 Å². The molecule has 0 unspecified atom stereocenters. The van der Waals surface area contributed by atoms with E-state index in [0.717, 1.165) is 10.0 Å². The summed E-state index contributed by atoms with van der Waals surface area (Å²) in [5.74, 6) is 0.298. The minimum absolute atomic E-state index is 0.0353. The normalized spacial score (nSPS) is 10.4. The number of methoxy groups -OCH3 is 1. The van der Waals surface area contributed by atoms with E-state index in [1.165, 1.54) is 6.07 Å². The summed E-state index contributed by atoms with van der Waals surface area (Å²) in [5, 5.41) is 0. The molecule has 0 aromatic heterocycles. The van der Waals surface area contributed by atoms with Crippen LogP contribution < -0.4 is 4.74 Å². The largest absolute Gasteiger partial charge is 0.496 e. The summed E-state index contributed by atoms with van der Waals surface area (Å²) in [6, 6.07) is 9.74. The van der Waals surface area contributed by atoms with Crippen LogP contribution >= 0.6 is 31.9 Å². The first kappa shape index (κ1) is 15.2. The van der Waals surface area contributed by atoms with Crippen molar-refractivity contribution in [3.63, 3.8) is 0 Å². The van der Waals surface area contributed by atoms with E-state index in [9.17, 15) is 9.18 Å². The van der Waals surface area contributed by atoms with E-state index in [2.05, 4.69) is 31.9 Å². The molecule has 0 saturated heterocycles. The maximum absolute atomic E-state index is 13.1. The van der Waals surface area contributed by atoms with Gasteiger partial charge in [0, 0.05) is 12.0 Å². The highest BCUT2D eigenvalue weighted by molar-refractivity contribution is 9.10. The van der Waals surface area contributed by atoms with Crippen LogP contribution in [0.25, 0.3) is 0 Å². The number of Topliss-reactive ketones (excluding diaryl/α,β-unsaturated/α-hetero) is 1.